The summed E-state index contributed by atoms with van der Waals surface area (Å²) in [5, 5.41) is 13.7. The lowest BCUT2D eigenvalue weighted by molar-refractivity contribution is -0.384. The molecule has 0 saturated heterocycles. The third kappa shape index (κ3) is 2.79. The fourth-order valence-electron chi connectivity index (χ4n) is 2.21. The summed E-state index contributed by atoms with van der Waals surface area (Å²) in [6.45, 7) is 4.05. The standard InChI is InChI=1S/C13H19N3O2/c1-3-15(11-5-6-11)9-10-4-7-13(16(17)18)12(8-10)14-2/h4,7-8,11,14H,3,5-6,9H2,1-2H3. The second-order valence-corrected chi connectivity index (χ2v) is 4.65. The average Bonchev–Trinajstić information content (AvgIpc) is 3.19. The molecule has 1 aliphatic carbocycles. The molecule has 2 rings (SSSR count). The smallest absolute Gasteiger partial charge is 0.292 e. The zero-order valence-electron chi connectivity index (χ0n) is 10.8. The molecule has 1 N–H and O–H groups in total. The molecule has 1 aliphatic rings. The lowest BCUT2D eigenvalue weighted by atomic mass is 10.1. The van der Waals surface area contributed by atoms with Gasteiger partial charge in [-0.05, 0) is 31.0 Å². The molecule has 0 bridgehead atoms. The van der Waals surface area contributed by atoms with Crippen molar-refractivity contribution in [1.82, 2.24) is 4.90 Å². The molecular formula is C13H19N3O2. The van der Waals surface area contributed by atoms with E-state index in [4.69, 9.17) is 0 Å². The van der Waals surface area contributed by atoms with Crippen LogP contribution in [0.25, 0.3) is 0 Å². The molecule has 0 amide bonds. The quantitative estimate of drug-likeness (QED) is 0.622. The number of benzene rings is 1. The summed E-state index contributed by atoms with van der Waals surface area (Å²) in [6, 6.07) is 6.03. The van der Waals surface area contributed by atoms with E-state index in [0.717, 1.165) is 18.7 Å². The maximum atomic E-state index is 10.8. The number of anilines is 1. The lowest BCUT2D eigenvalue weighted by Gasteiger charge is -2.20. The summed E-state index contributed by atoms with van der Waals surface area (Å²) < 4.78 is 0. The molecule has 0 heterocycles. The van der Waals surface area contributed by atoms with Gasteiger partial charge in [0, 0.05) is 25.7 Å². The zero-order chi connectivity index (χ0) is 13.1. The van der Waals surface area contributed by atoms with Gasteiger partial charge < -0.3 is 5.32 Å². The SMILES string of the molecule is CCN(Cc1ccc([N+](=O)[O-])c(NC)c1)C1CC1. The van der Waals surface area contributed by atoms with E-state index in [9.17, 15) is 10.1 Å². The second-order valence-electron chi connectivity index (χ2n) is 4.65. The number of hydrogen-bond donors (Lipinski definition) is 1. The van der Waals surface area contributed by atoms with Crippen molar-refractivity contribution in [3.8, 4) is 0 Å². The maximum Gasteiger partial charge on any atom is 0.292 e. The summed E-state index contributed by atoms with van der Waals surface area (Å²) in [5.41, 5.74) is 1.85. The number of nitrogens with one attached hydrogen (secondary N) is 1. The Morgan fingerprint density at radius 1 is 1.50 bits per heavy atom. The van der Waals surface area contributed by atoms with Gasteiger partial charge in [0.25, 0.3) is 5.69 Å². The van der Waals surface area contributed by atoms with E-state index < -0.39 is 0 Å². The average molecular weight is 249 g/mol. The molecule has 0 unspecified atom stereocenters. The van der Waals surface area contributed by atoms with Crippen molar-refractivity contribution in [3.63, 3.8) is 0 Å². The van der Waals surface area contributed by atoms with Crippen LogP contribution in [0.15, 0.2) is 18.2 Å². The van der Waals surface area contributed by atoms with Crippen LogP contribution < -0.4 is 5.32 Å². The van der Waals surface area contributed by atoms with E-state index in [1.807, 2.05) is 12.1 Å². The Balaban J connectivity index is 2.15. The van der Waals surface area contributed by atoms with E-state index in [0.29, 0.717) is 11.7 Å². The molecule has 1 aromatic carbocycles. The van der Waals surface area contributed by atoms with Crippen LogP contribution in [0.4, 0.5) is 11.4 Å². The molecular weight excluding hydrogens is 230 g/mol. The van der Waals surface area contributed by atoms with E-state index in [1.54, 1.807) is 13.1 Å². The Hall–Kier alpha value is -1.62. The number of nitro groups is 1. The topological polar surface area (TPSA) is 58.4 Å². The number of hydrogen-bond acceptors (Lipinski definition) is 4. The minimum atomic E-state index is -0.353. The van der Waals surface area contributed by atoms with Crippen molar-refractivity contribution >= 4 is 11.4 Å². The fraction of sp³-hybridized carbons (Fsp3) is 0.538. The minimum Gasteiger partial charge on any atom is -0.383 e. The molecule has 1 aromatic rings. The van der Waals surface area contributed by atoms with Crippen molar-refractivity contribution in [3.05, 3.63) is 33.9 Å². The van der Waals surface area contributed by atoms with E-state index in [-0.39, 0.29) is 10.6 Å². The van der Waals surface area contributed by atoms with Gasteiger partial charge in [0.05, 0.1) is 4.92 Å². The van der Waals surface area contributed by atoms with E-state index in [2.05, 4.69) is 17.1 Å². The molecule has 0 atom stereocenters. The van der Waals surface area contributed by atoms with Gasteiger partial charge in [0.15, 0.2) is 0 Å². The first kappa shape index (κ1) is 12.8. The largest absolute Gasteiger partial charge is 0.383 e. The summed E-state index contributed by atoms with van der Waals surface area (Å²) in [7, 11) is 1.71. The van der Waals surface area contributed by atoms with Crippen LogP contribution in [0.5, 0.6) is 0 Å². The van der Waals surface area contributed by atoms with Crippen LogP contribution in [0, 0.1) is 10.1 Å². The normalized spacial score (nSPS) is 14.8. The van der Waals surface area contributed by atoms with Gasteiger partial charge in [-0.1, -0.05) is 13.0 Å². The van der Waals surface area contributed by atoms with Crippen LogP contribution in [-0.4, -0.2) is 29.5 Å². The Morgan fingerprint density at radius 2 is 2.22 bits per heavy atom. The second kappa shape index (κ2) is 5.35. The Bertz CT molecular complexity index is 444. The molecule has 0 radical (unpaired) electrons. The van der Waals surface area contributed by atoms with Gasteiger partial charge in [-0.15, -0.1) is 0 Å². The molecule has 98 valence electrons. The van der Waals surface area contributed by atoms with Gasteiger partial charge in [0.2, 0.25) is 0 Å². The van der Waals surface area contributed by atoms with Crippen molar-refractivity contribution < 1.29 is 4.92 Å². The number of nitro benzene ring substituents is 1. The van der Waals surface area contributed by atoms with Crippen molar-refractivity contribution in [1.29, 1.82) is 0 Å². The third-order valence-electron chi connectivity index (χ3n) is 3.38. The van der Waals surface area contributed by atoms with Crippen molar-refractivity contribution in [2.75, 3.05) is 18.9 Å². The monoisotopic (exact) mass is 249 g/mol. The third-order valence-corrected chi connectivity index (χ3v) is 3.38. The van der Waals surface area contributed by atoms with Crippen LogP contribution in [0.1, 0.15) is 25.3 Å². The number of rotatable bonds is 6. The summed E-state index contributed by atoms with van der Waals surface area (Å²) in [5.74, 6) is 0. The zero-order valence-corrected chi connectivity index (χ0v) is 10.8. The van der Waals surface area contributed by atoms with E-state index in [1.165, 1.54) is 12.8 Å². The van der Waals surface area contributed by atoms with Gasteiger partial charge in [0.1, 0.15) is 5.69 Å². The van der Waals surface area contributed by atoms with Gasteiger partial charge in [-0.2, -0.15) is 0 Å². The summed E-state index contributed by atoms with van der Waals surface area (Å²) in [6.07, 6.45) is 2.55. The van der Waals surface area contributed by atoms with Gasteiger partial charge in [-0.25, -0.2) is 0 Å². The molecule has 1 fully saturated rings. The van der Waals surface area contributed by atoms with Gasteiger partial charge in [-0.3, -0.25) is 15.0 Å². The van der Waals surface area contributed by atoms with E-state index >= 15 is 0 Å². The Morgan fingerprint density at radius 3 is 2.72 bits per heavy atom. The first-order valence-corrected chi connectivity index (χ1v) is 6.34. The lowest BCUT2D eigenvalue weighted by Crippen LogP contribution is -2.25. The molecule has 18 heavy (non-hydrogen) atoms. The number of nitrogens with zero attached hydrogens (tertiary/aromatic N) is 2. The minimum absolute atomic E-state index is 0.135. The predicted octanol–water partition coefficient (Wildman–Crippen LogP) is 2.62. The van der Waals surface area contributed by atoms with Crippen molar-refractivity contribution in [2.24, 2.45) is 0 Å². The van der Waals surface area contributed by atoms with Crippen molar-refractivity contribution in [2.45, 2.75) is 32.4 Å². The molecule has 0 aromatic heterocycles. The van der Waals surface area contributed by atoms with Crippen LogP contribution >= 0.6 is 0 Å². The Labute approximate surface area is 107 Å². The summed E-state index contributed by atoms with van der Waals surface area (Å²) >= 11 is 0. The van der Waals surface area contributed by atoms with Gasteiger partial charge >= 0.3 is 0 Å². The van der Waals surface area contributed by atoms with Crippen LogP contribution in [0.3, 0.4) is 0 Å². The molecule has 0 spiro atoms. The maximum absolute atomic E-state index is 10.8. The molecule has 0 aliphatic heterocycles. The van der Waals surface area contributed by atoms with Crippen LogP contribution in [-0.2, 0) is 6.54 Å². The molecule has 5 heteroatoms. The Kier molecular flexibility index (Phi) is 3.81. The summed E-state index contributed by atoms with van der Waals surface area (Å²) in [4.78, 5) is 12.9. The first-order chi connectivity index (χ1) is 8.65. The molecule has 1 saturated carbocycles. The highest BCUT2D eigenvalue weighted by molar-refractivity contribution is 5.62. The fourth-order valence-corrected chi connectivity index (χ4v) is 2.21. The highest BCUT2D eigenvalue weighted by atomic mass is 16.6. The predicted molar refractivity (Wildman–Crippen MR) is 71.7 cm³/mol. The van der Waals surface area contributed by atoms with Crippen LogP contribution in [0.2, 0.25) is 0 Å². The first-order valence-electron chi connectivity index (χ1n) is 6.34. The highest BCUT2D eigenvalue weighted by Crippen LogP contribution is 2.30. The highest BCUT2D eigenvalue weighted by Gasteiger charge is 2.27. The molecule has 5 nitrogen and oxygen atoms in total.